The number of nitrogens with one attached hydrogen (secondary N) is 1. The molecule has 3 nitrogen and oxygen atoms in total. The third-order valence-corrected chi connectivity index (χ3v) is 4.43. The van der Waals surface area contributed by atoms with Crippen LogP contribution in [-0.4, -0.2) is 18.8 Å². The summed E-state index contributed by atoms with van der Waals surface area (Å²) in [5.74, 6) is 1.81. The summed E-state index contributed by atoms with van der Waals surface area (Å²) in [6, 6.07) is 12.7. The maximum Gasteiger partial charge on any atom is 0.234 e. The van der Waals surface area contributed by atoms with Gasteiger partial charge in [-0.2, -0.15) is 0 Å². The smallest absolute Gasteiger partial charge is 0.234 e. The van der Waals surface area contributed by atoms with Crippen molar-refractivity contribution in [2.45, 2.75) is 5.75 Å². The molecule has 0 bridgehead atoms. The molecule has 0 saturated carbocycles. The van der Waals surface area contributed by atoms with E-state index in [0.29, 0.717) is 21.5 Å². The molecule has 6 heteroatoms. The molecule has 22 heavy (non-hydrogen) atoms. The highest BCUT2D eigenvalue weighted by molar-refractivity contribution is 7.99. The van der Waals surface area contributed by atoms with Gasteiger partial charge in [0.15, 0.2) is 0 Å². The van der Waals surface area contributed by atoms with E-state index in [-0.39, 0.29) is 5.91 Å². The topological polar surface area (TPSA) is 38.3 Å². The van der Waals surface area contributed by atoms with Gasteiger partial charge >= 0.3 is 0 Å². The molecule has 0 radical (unpaired) electrons. The second-order valence-corrected chi connectivity index (χ2v) is 6.34. The predicted octanol–water partition coefficient (Wildman–Crippen LogP) is 4.87. The van der Waals surface area contributed by atoms with E-state index >= 15 is 0 Å². The van der Waals surface area contributed by atoms with E-state index in [4.69, 9.17) is 27.9 Å². The minimum atomic E-state index is -0.109. The maximum absolute atomic E-state index is 11.9. The van der Waals surface area contributed by atoms with Crippen LogP contribution in [0.15, 0.2) is 42.5 Å². The van der Waals surface area contributed by atoms with Crippen LogP contribution in [0, 0.1) is 0 Å². The number of rotatable bonds is 6. The summed E-state index contributed by atoms with van der Waals surface area (Å²) >= 11 is 13.4. The number of hydrogen-bond acceptors (Lipinski definition) is 3. The highest BCUT2D eigenvalue weighted by Crippen LogP contribution is 2.25. The zero-order valence-corrected chi connectivity index (χ0v) is 14.3. The number of carbonyl (C=O) groups is 1. The quantitative estimate of drug-likeness (QED) is 0.802. The molecule has 2 aromatic rings. The molecular weight excluding hydrogens is 341 g/mol. The van der Waals surface area contributed by atoms with Gasteiger partial charge in [0.25, 0.3) is 0 Å². The first-order valence-electron chi connectivity index (χ1n) is 6.54. The summed E-state index contributed by atoms with van der Waals surface area (Å²) in [5.41, 5.74) is 1.67. The first-order chi connectivity index (χ1) is 10.6. The monoisotopic (exact) mass is 355 g/mol. The lowest BCUT2D eigenvalue weighted by atomic mass is 10.2. The second kappa shape index (κ2) is 8.32. The zero-order valence-electron chi connectivity index (χ0n) is 11.9. The van der Waals surface area contributed by atoms with E-state index in [1.807, 2.05) is 24.3 Å². The Morgan fingerprint density at radius 3 is 2.59 bits per heavy atom. The number of methoxy groups -OCH3 is 1. The van der Waals surface area contributed by atoms with Gasteiger partial charge in [-0.25, -0.2) is 0 Å². The van der Waals surface area contributed by atoms with Crippen molar-refractivity contribution in [3.05, 3.63) is 58.1 Å². The Bertz CT molecular complexity index is 647. The van der Waals surface area contributed by atoms with E-state index in [1.165, 1.54) is 11.8 Å². The van der Waals surface area contributed by atoms with Crippen LogP contribution in [-0.2, 0) is 10.5 Å². The van der Waals surface area contributed by atoms with Gasteiger partial charge < -0.3 is 10.1 Å². The Labute approximate surface area is 144 Å². The number of hydrogen-bond donors (Lipinski definition) is 1. The van der Waals surface area contributed by atoms with Gasteiger partial charge in [-0.1, -0.05) is 35.3 Å². The van der Waals surface area contributed by atoms with Crippen LogP contribution in [0.5, 0.6) is 5.75 Å². The Balaban J connectivity index is 1.81. The molecule has 0 aliphatic rings. The summed E-state index contributed by atoms with van der Waals surface area (Å²) in [6.45, 7) is 0. The Morgan fingerprint density at radius 1 is 1.18 bits per heavy atom. The van der Waals surface area contributed by atoms with E-state index in [1.54, 1.807) is 25.3 Å². The summed E-state index contributed by atoms with van der Waals surface area (Å²) in [4.78, 5) is 11.9. The zero-order chi connectivity index (χ0) is 15.9. The molecule has 1 amide bonds. The Morgan fingerprint density at radius 2 is 1.91 bits per heavy atom. The molecule has 0 aliphatic heterocycles. The average Bonchev–Trinajstić information content (AvgIpc) is 2.51. The van der Waals surface area contributed by atoms with Crippen molar-refractivity contribution >= 4 is 46.6 Å². The van der Waals surface area contributed by atoms with Crippen molar-refractivity contribution in [3.63, 3.8) is 0 Å². The number of carbonyl (C=O) groups excluding carboxylic acids is 1. The number of thioether (sulfide) groups is 1. The first kappa shape index (κ1) is 17.0. The number of ether oxygens (including phenoxy) is 1. The molecule has 1 N–H and O–H groups in total. The van der Waals surface area contributed by atoms with Gasteiger partial charge in [-0.05, 0) is 35.9 Å². The third kappa shape index (κ3) is 5.13. The molecule has 0 heterocycles. The van der Waals surface area contributed by atoms with Crippen LogP contribution < -0.4 is 10.1 Å². The Hall–Kier alpha value is -1.36. The molecule has 0 aromatic heterocycles. The number of benzene rings is 2. The fourth-order valence-corrected chi connectivity index (χ4v) is 2.89. The lowest BCUT2D eigenvalue weighted by Crippen LogP contribution is -2.14. The lowest BCUT2D eigenvalue weighted by molar-refractivity contribution is -0.113. The third-order valence-electron chi connectivity index (χ3n) is 2.86. The molecule has 0 spiro atoms. The SMILES string of the molecule is COc1ccc(CSCC(=O)Nc2cc(Cl)ccc2Cl)cc1. The normalized spacial score (nSPS) is 10.3. The molecule has 0 atom stereocenters. The minimum Gasteiger partial charge on any atom is -0.497 e. The van der Waals surface area contributed by atoms with Gasteiger partial charge in [0.1, 0.15) is 5.75 Å². The largest absolute Gasteiger partial charge is 0.497 e. The van der Waals surface area contributed by atoms with Crippen LogP contribution in [0.1, 0.15) is 5.56 Å². The molecular formula is C16H15Cl2NO2S. The predicted molar refractivity (Wildman–Crippen MR) is 94.2 cm³/mol. The Kier molecular flexibility index (Phi) is 6.43. The van der Waals surface area contributed by atoms with Gasteiger partial charge in [-0.3, -0.25) is 4.79 Å². The van der Waals surface area contributed by atoms with Crippen molar-refractivity contribution in [2.75, 3.05) is 18.2 Å². The van der Waals surface area contributed by atoms with Gasteiger partial charge in [-0.15, -0.1) is 11.8 Å². The average molecular weight is 356 g/mol. The molecule has 116 valence electrons. The fraction of sp³-hybridized carbons (Fsp3) is 0.188. The number of anilines is 1. The van der Waals surface area contributed by atoms with Crippen molar-refractivity contribution in [3.8, 4) is 5.75 Å². The molecule has 2 aromatic carbocycles. The molecule has 0 saturated heterocycles. The highest BCUT2D eigenvalue weighted by atomic mass is 35.5. The van der Waals surface area contributed by atoms with Crippen LogP contribution in [0.4, 0.5) is 5.69 Å². The van der Waals surface area contributed by atoms with Gasteiger partial charge in [0.05, 0.1) is 23.6 Å². The van der Waals surface area contributed by atoms with Crippen molar-refractivity contribution in [1.29, 1.82) is 0 Å². The number of halogens is 2. The van der Waals surface area contributed by atoms with Crippen LogP contribution >= 0.6 is 35.0 Å². The molecule has 2 rings (SSSR count). The summed E-state index contributed by atoms with van der Waals surface area (Å²) in [5, 5.41) is 3.76. The lowest BCUT2D eigenvalue weighted by Gasteiger charge is -2.08. The van der Waals surface area contributed by atoms with Crippen molar-refractivity contribution in [2.24, 2.45) is 0 Å². The minimum absolute atomic E-state index is 0.109. The van der Waals surface area contributed by atoms with E-state index in [9.17, 15) is 4.79 Å². The molecule has 0 aliphatic carbocycles. The fourth-order valence-electron chi connectivity index (χ4n) is 1.76. The van der Waals surface area contributed by atoms with Gasteiger partial charge in [0.2, 0.25) is 5.91 Å². The summed E-state index contributed by atoms with van der Waals surface area (Å²) < 4.78 is 5.10. The highest BCUT2D eigenvalue weighted by Gasteiger charge is 2.07. The standard InChI is InChI=1S/C16H15Cl2NO2S/c1-21-13-5-2-11(3-6-13)9-22-10-16(20)19-15-8-12(17)4-7-14(15)18/h2-8H,9-10H2,1H3,(H,19,20). The first-order valence-corrected chi connectivity index (χ1v) is 8.45. The van der Waals surface area contributed by atoms with Crippen molar-refractivity contribution in [1.82, 2.24) is 0 Å². The van der Waals surface area contributed by atoms with Gasteiger partial charge in [0, 0.05) is 10.8 Å². The van der Waals surface area contributed by atoms with Crippen LogP contribution in [0.2, 0.25) is 10.0 Å². The summed E-state index contributed by atoms with van der Waals surface area (Å²) in [6.07, 6.45) is 0. The van der Waals surface area contributed by atoms with Crippen LogP contribution in [0.25, 0.3) is 0 Å². The van der Waals surface area contributed by atoms with E-state index in [0.717, 1.165) is 17.1 Å². The number of amides is 1. The maximum atomic E-state index is 11.9. The van der Waals surface area contributed by atoms with Crippen molar-refractivity contribution < 1.29 is 9.53 Å². The van der Waals surface area contributed by atoms with E-state index in [2.05, 4.69) is 5.32 Å². The molecule has 0 unspecified atom stereocenters. The van der Waals surface area contributed by atoms with E-state index < -0.39 is 0 Å². The summed E-state index contributed by atoms with van der Waals surface area (Å²) in [7, 11) is 1.63. The van der Waals surface area contributed by atoms with Crippen LogP contribution in [0.3, 0.4) is 0 Å². The molecule has 0 fully saturated rings. The second-order valence-electron chi connectivity index (χ2n) is 4.51.